The number of carbonyl (C=O) groups excluding carboxylic acids is 1. The van der Waals surface area contributed by atoms with Gasteiger partial charge in [-0.05, 0) is 49.2 Å². The summed E-state index contributed by atoms with van der Waals surface area (Å²) < 4.78 is 39.7. The van der Waals surface area contributed by atoms with Gasteiger partial charge in [-0.15, -0.1) is 0 Å². The summed E-state index contributed by atoms with van der Waals surface area (Å²) in [6, 6.07) is 10.7. The molecule has 0 aliphatic carbocycles. The number of halogens is 1. The summed E-state index contributed by atoms with van der Waals surface area (Å²) in [7, 11) is -0.569. The van der Waals surface area contributed by atoms with Crippen LogP contribution in [0.25, 0.3) is 0 Å². The predicted octanol–water partition coefficient (Wildman–Crippen LogP) is 3.23. The van der Waals surface area contributed by atoms with Gasteiger partial charge in [0.1, 0.15) is 12.4 Å². The maximum absolute atomic E-state index is 13.3. The quantitative estimate of drug-likeness (QED) is 0.676. The first kappa shape index (κ1) is 25.3. The minimum atomic E-state index is -3.89. The Bertz CT molecular complexity index is 1100. The minimum absolute atomic E-state index is 0.0271. The number of nitrogens with zero attached hydrogens (tertiary/aromatic N) is 1. The van der Waals surface area contributed by atoms with E-state index in [1.165, 1.54) is 18.2 Å². The van der Waals surface area contributed by atoms with E-state index in [4.69, 9.17) is 21.1 Å². The molecule has 3 atom stereocenters. The summed E-state index contributed by atoms with van der Waals surface area (Å²) in [6.07, 6.45) is -0.160. The lowest BCUT2D eigenvalue weighted by molar-refractivity contribution is 0.0281. The van der Waals surface area contributed by atoms with Crippen LogP contribution in [0.5, 0.6) is 5.75 Å². The van der Waals surface area contributed by atoms with E-state index >= 15 is 0 Å². The zero-order chi connectivity index (χ0) is 24.2. The molecule has 1 aliphatic heterocycles. The molecule has 180 valence electrons. The number of benzene rings is 2. The Labute approximate surface area is 200 Å². The Kier molecular flexibility index (Phi) is 8.23. The zero-order valence-corrected chi connectivity index (χ0v) is 20.7. The fourth-order valence-electron chi connectivity index (χ4n) is 3.57. The molecule has 0 bridgehead atoms. The van der Waals surface area contributed by atoms with Gasteiger partial charge in [-0.25, -0.2) is 8.42 Å². The van der Waals surface area contributed by atoms with Crippen LogP contribution in [-0.4, -0.2) is 65.2 Å². The van der Waals surface area contributed by atoms with Crippen molar-refractivity contribution >= 4 is 33.2 Å². The van der Waals surface area contributed by atoms with Crippen molar-refractivity contribution in [3.8, 4) is 5.75 Å². The van der Waals surface area contributed by atoms with Crippen molar-refractivity contribution in [2.75, 3.05) is 38.6 Å². The number of methoxy groups -OCH3 is 1. The number of hydrogen-bond donors (Lipinski definition) is 2. The van der Waals surface area contributed by atoms with E-state index in [1.807, 2.05) is 6.92 Å². The molecule has 3 rings (SSSR count). The number of carbonyl (C=O) groups is 1. The van der Waals surface area contributed by atoms with Gasteiger partial charge in [0, 0.05) is 44.0 Å². The molecule has 0 saturated heterocycles. The fourth-order valence-corrected chi connectivity index (χ4v) is 4.92. The van der Waals surface area contributed by atoms with Crippen molar-refractivity contribution < 1.29 is 22.7 Å². The third-order valence-electron chi connectivity index (χ3n) is 5.58. The summed E-state index contributed by atoms with van der Waals surface area (Å²) in [4.78, 5) is 14.9. The zero-order valence-electron chi connectivity index (χ0n) is 19.2. The number of nitrogens with one attached hydrogen (secondary N) is 2. The van der Waals surface area contributed by atoms with Crippen molar-refractivity contribution in [2.24, 2.45) is 5.92 Å². The summed E-state index contributed by atoms with van der Waals surface area (Å²) in [5, 5.41) is 3.74. The van der Waals surface area contributed by atoms with Gasteiger partial charge in [-0.1, -0.05) is 24.6 Å². The van der Waals surface area contributed by atoms with E-state index < -0.39 is 10.0 Å². The van der Waals surface area contributed by atoms with E-state index in [0.717, 1.165) is 6.54 Å². The molecule has 33 heavy (non-hydrogen) atoms. The number of rotatable bonds is 4. The molecule has 0 radical (unpaired) electrons. The second kappa shape index (κ2) is 10.7. The molecule has 1 aliphatic rings. The van der Waals surface area contributed by atoms with Gasteiger partial charge < -0.3 is 19.7 Å². The van der Waals surface area contributed by atoms with Gasteiger partial charge in [0.15, 0.2) is 0 Å². The van der Waals surface area contributed by atoms with Crippen molar-refractivity contribution in [3.63, 3.8) is 0 Å². The van der Waals surface area contributed by atoms with Crippen molar-refractivity contribution in [2.45, 2.75) is 30.9 Å². The average molecular weight is 496 g/mol. The predicted molar refractivity (Wildman–Crippen MR) is 129 cm³/mol. The van der Waals surface area contributed by atoms with Crippen LogP contribution < -0.4 is 14.8 Å². The fraction of sp³-hybridized carbons (Fsp3) is 0.435. The number of sulfonamides is 1. The van der Waals surface area contributed by atoms with Gasteiger partial charge >= 0.3 is 0 Å². The Balaban J connectivity index is 1.94. The molecule has 2 aromatic carbocycles. The highest BCUT2D eigenvalue weighted by Gasteiger charge is 2.26. The number of hydrogen-bond acceptors (Lipinski definition) is 6. The van der Waals surface area contributed by atoms with Gasteiger partial charge in [0.2, 0.25) is 0 Å². The normalized spacial score (nSPS) is 22.5. The molecule has 10 heteroatoms. The molecule has 8 nitrogen and oxygen atoms in total. The summed E-state index contributed by atoms with van der Waals surface area (Å²) >= 11 is 5.94. The lowest BCUT2D eigenvalue weighted by Gasteiger charge is -2.30. The molecule has 0 spiro atoms. The highest BCUT2D eigenvalue weighted by Crippen LogP contribution is 2.27. The van der Waals surface area contributed by atoms with E-state index in [9.17, 15) is 13.2 Å². The van der Waals surface area contributed by atoms with Crippen molar-refractivity contribution in [1.82, 2.24) is 10.2 Å². The monoisotopic (exact) mass is 495 g/mol. The average Bonchev–Trinajstić information content (AvgIpc) is 2.78. The van der Waals surface area contributed by atoms with Crippen LogP contribution >= 0.6 is 11.6 Å². The van der Waals surface area contributed by atoms with Crippen LogP contribution in [0.1, 0.15) is 24.2 Å². The molecule has 2 N–H and O–H groups in total. The SMILES string of the molecule is CO[C@@H]1CN(C)C(=O)c2cc(NS(=O)(=O)c3cccc(Cl)c3)ccc2OC[C@@H](C)NC[C@@H]1C. The number of anilines is 1. The van der Waals surface area contributed by atoms with Gasteiger partial charge in [-0.2, -0.15) is 0 Å². The maximum atomic E-state index is 13.3. The lowest BCUT2D eigenvalue weighted by Crippen LogP contribution is -2.44. The molecule has 0 aromatic heterocycles. The molecule has 0 saturated carbocycles. The lowest BCUT2D eigenvalue weighted by atomic mass is 10.0. The van der Waals surface area contributed by atoms with Crippen molar-refractivity contribution in [3.05, 3.63) is 53.1 Å². The molecule has 2 aromatic rings. The number of fused-ring (bicyclic) bond motifs is 1. The highest BCUT2D eigenvalue weighted by atomic mass is 35.5. The first-order valence-corrected chi connectivity index (χ1v) is 12.5. The van der Waals surface area contributed by atoms with Crippen LogP contribution in [0.15, 0.2) is 47.4 Å². The number of amides is 1. The Hall–Kier alpha value is -2.33. The second-order valence-corrected chi connectivity index (χ2v) is 10.5. The second-order valence-electron chi connectivity index (χ2n) is 8.33. The van der Waals surface area contributed by atoms with Gasteiger partial charge in [-0.3, -0.25) is 9.52 Å². The first-order valence-electron chi connectivity index (χ1n) is 10.7. The topological polar surface area (TPSA) is 97.0 Å². The van der Waals surface area contributed by atoms with Crippen LogP contribution in [0.3, 0.4) is 0 Å². The van der Waals surface area contributed by atoms with Crippen LogP contribution in [-0.2, 0) is 14.8 Å². The van der Waals surface area contributed by atoms with E-state index in [1.54, 1.807) is 43.3 Å². The summed E-state index contributed by atoms with van der Waals surface area (Å²) in [6.45, 7) is 5.52. The third-order valence-corrected chi connectivity index (χ3v) is 7.20. The molecule has 1 amide bonds. The number of ether oxygens (including phenoxy) is 2. The Morgan fingerprint density at radius 3 is 2.67 bits per heavy atom. The third kappa shape index (κ3) is 6.38. The van der Waals surface area contributed by atoms with Gasteiger partial charge in [0.05, 0.1) is 16.6 Å². The molecule has 1 heterocycles. The largest absolute Gasteiger partial charge is 0.491 e. The summed E-state index contributed by atoms with van der Waals surface area (Å²) in [5.41, 5.74) is 0.507. The molecular weight excluding hydrogens is 466 g/mol. The van der Waals surface area contributed by atoms with Crippen molar-refractivity contribution in [1.29, 1.82) is 0 Å². The van der Waals surface area contributed by atoms with E-state index in [0.29, 0.717) is 23.9 Å². The standard InChI is InChI=1S/C23H30ClN3O5S/c1-15-12-25-16(2)14-32-21-9-8-18(11-20(21)23(28)27(3)13-22(15)31-4)26-33(29,30)19-7-5-6-17(24)10-19/h5-11,15-16,22,25-26H,12-14H2,1-4H3/t15-,16+,22+/m0/s1. The smallest absolute Gasteiger partial charge is 0.261 e. The van der Waals surface area contributed by atoms with Crippen LogP contribution in [0.2, 0.25) is 5.02 Å². The Morgan fingerprint density at radius 1 is 1.21 bits per heavy atom. The summed E-state index contributed by atoms with van der Waals surface area (Å²) in [5.74, 6) is 0.264. The molecule has 0 fully saturated rings. The number of likely N-dealkylation sites (N-methyl/N-ethyl adjacent to an activating group) is 1. The van der Waals surface area contributed by atoms with Crippen LogP contribution in [0.4, 0.5) is 5.69 Å². The molecular formula is C23H30ClN3O5S. The highest BCUT2D eigenvalue weighted by molar-refractivity contribution is 7.92. The Morgan fingerprint density at radius 2 is 1.97 bits per heavy atom. The van der Waals surface area contributed by atoms with Gasteiger partial charge in [0.25, 0.3) is 15.9 Å². The van der Waals surface area contributed by atoms with E-state index in [2.05, 4.69) is 17.0 Å². The maximum Gasteiger partial charge on any atom is 0.261 e. The van der Waals surface area contributed by atoms with E-state index in [-0.39, 0.29) is 40.1 Å². The van der Waals surface area contributed by atoms with Crippen LogP contribution in [0, 0.1) is 5.92 Å². The minimum Gasteiger partial charge on any atom is -0.491 e. The molecule has 0 unspecified atom stereocenters. The first-order chi connectivity index (χ1) is 15.6.